The van der Waals surface area contributed by atoms with E-state index >= 15 is 0 Å². The molecule has 6 heteroatoms. The maximum Gasteiger partial charge on any atom is 0.407 e. The van der Waals surface area contributed by atoms with Crippen molar-refractivity contribution in [3.05, 3.63) is 35.9 Å². The van der Waals surface area contributed by atoms with Crippen molar-refractivity contribution < 1.29 is 14.0 Å². The second kappa shape index (κ2) is 10.8. The highest BCUT2D eigenvalue weighted by Gasteiger charge is 2.54. The summed E-state index contributed by atoms with van der Waals surface area (Å²) in [5.41, 5.74) is 1.49. The predicted molar refractivity (Wildman–Crippen MR) is 124 cm³/mol. The van der Waals surface area contributed by atoms with Crippen LogP contribution in [0.4, 0.5) is 4.79 Å². The first kappa shape index (κ1) is 23.3. The van der Waals surface area contributed by atoms with Gasteiger partial charge >= 0.3 is 6.09 Å². The van der Waals surface area contributed by atoms with Gasteiger partial charge in [0.2, 0.25) is 0 Å². The van der Waals surface area contributed by atoms with Gasteiger partial charge in [0, 0.05) is 13.1 Å². The van der Waals surface area contributed by atoms with E-state index < -0.39 is 8.32 Å². The van der Waals surface area contributed by atoms with Crippen molar-refractivity contribution in [3.8, 4) is 0 Å². The molecule has 1 aliphatic heterocycles. The number of benzene rings is 1. The second-order valence-corrected chi connectivity index (χ2v) is 13.8. The lowest BCUT2D eigenvalue weighted by atomic mass is 9.90. The van der Waals surface area contributed by atoms with E-state index in [1.165, 1.54) is 37.4 Å². The highest BCUT2D eigenvalue weighted by atomic mass is 28.4. The minimum atomic E-state index is -1.57. The molecule has 0 aromatic heterocycles. The van der Waals surface area contributed by atoms with Crippen LogP contribution in [0.5, 0.6) is 0 Å². The minimum Gasteiger partial charge on any atom is -0.445 e. The SMILES string of the molecule is CC[Si](CC)(CC)O[C@@H]1CN(CCCNC(=O)OCc2ccccc2)CCC12CC2. The summed E-state index contributed by atoms with van der Waals surface area (Å²) >= 11 is 0. The van der Waals surface area contributed by atoms with E-state index in [1.54, 1.807) is 0 Å². The van der Waals surface area contributed by atoms with E-state index in [4.69, 9.17) is 9.16 Å². The Labute approximate surface area is 183 Å². The molecule has 0 unspecified atom stereocenters. The third-order valence-corrected chi connectivity index (χ3v) is 12.0. The quantitative estimate of drug-likeness (QED) is 0.387. The van der Waals surface area contributed by atoms with Gasteiger partial charge in [-0.25, -0.2) is 4.79 Å². The Morgan fingerprint density at radius 1 is 1.13 bits per heavy atom. The molecule has 1 saturated carbocycles. The molecule has 1 N–H and O–H groups in total. The molecule has 168 valence electrons. The first-order valence-electron chi connectivity index (χ1n) is 11.9. The van der Waals surface area contributed by atoms with Crippen molar-refractivity contribution in [1.82, 2.24) is 10.2 Å². The van der Waals surface area contributed by atoms with Crippen LogP contribution in [0.15, 0.2) is 30.3 Å². The van der Waals surface area contributed by atoms with Gasteiger partial charge in [-0.05, 0) is 67.9 Å². The summed E-state index contributed by atoms with van der Waals surface area (Å²) in [5.74, 6) is 0. The molecule has 0 radical (unpaired) electrons. The molecular formula is C24H40N2O3Si. The number of amides is 1. The molecule has 1 aliphatic carbocycles. The molecule has 1 aromatic rings. The molecule has 1 spiro atoms. The molecule has 1 heterocycles. The molecule has 3 rings (SSSR count). The fourth-order valence-corrected chi connectivity index (χ4v) is 7.66. The summed E-state index contributed by atoms with van der Waals surface area (Å²) in [6, 6.07) is 13.5. The number of likely N-dealkylation sites (tertiary alicyclic amines) is 1. The Kier molecular flexibility index (Phi) is 8.37. The Bertz CT molecular complexity index is 653. The van der Waals surface area contributed by atoms with E-state index in [-0.39, 0.29) is 6.09 Å². The normalized spacial score (nSPS) is 20.8. The lowest BCUT2D eigenvalue weighted by molar-refractivity contribution is 0.0181. The van der Waals surface area contributed by atoms with E-state index in [0.29, 0.717) is 24.7 Å². The van der Waals surface area contributed by atoms with Gasteiger partial charge in [-0.1, -0.05) is 51.1 Å². The van der Waals surface area contributed by atoms with Crippen LogP contribution in [0.1, 0.15) is 52.0 Å². The summed E-state index contributed by atoms with van der Waals surface area (Å²) in [6.45, 7) is 11.2. The predicted octanol–water partition coefficient (Wildman–Crippen LogP) is 5.18. The highest BCUT2D eigenvalue weighted by Crippen LogP contribution is 2.55. The monoisotopic (exact) mass is 432 g/mol. The third kappa shape index (κ3) is 6.08. The van der Waals surface area contributed by atoms with Crippen molar-refractivity contribution in [2.75, 3.05) is 26.2 Å². The van der Waals surface area contributed by atoms with Gasteiger partial charge in [0.25, 0.3) is 0 Å². The molecule has 1 amide bonds. The first-order valence-corrected chi connectivity index (χ1v) is 14.4. The fraction of sp³-hybridized carbons (Fsp3) is 0.708. The third-order valence-electron chi connectivity index (χ3n) is 7.38. The van der Waals surface area contributed by atoms with Gasteiger partial charge in [0.1, 0.15) is 6.61 Å². The van der Waals surface area contributed by atoms with Gasteiger partial charge in [0.15, 0.2) is 8.32 Å². The molecule has 0 bridgehead atoms. The van der Waals surface area contributed by atoms with E-state index in [1.807, 2.05) is 30.3 Å². The molecule has 2 aliphatic rings. The van der Waals surface area contributed by atoms with E-state index in [0.717, 1.165) is 31.6 Å². The number of nitrogens with one attached hydrogen (secondary N) is 1. The molecule has 2 fully saturated rings. The first-order chi connectivity index (χ1) is 14.5. The smallest absolute Gasteiger partial charge is 0.407 e. The molecular weight excluding hydrogens is 392 g/mol. The molecule has 1 saturated heterocycles. The lowest BCUT2D eigenvalue weighted by Crippen LogP contribution is -2.52. The Morgan fingerprint density at radius 2 is 1.83 bits per heavy atom. The van der Waals surface area contributed by atoms with Crippen LogP contribution in [0.25, 0.3) is 0 Å². The Balaban J connectivity index is 1.38. The Morgan fingerprint density at radius 3 is 2.47 bits per heavy atom. The van der Waals surface area contributed by atoms with Crippen molar-refractivity contribution in [3.63, 3.8) is 0 Å². The maximum absolute atomic E-state index is 11.9. The largest absolute Gasteiger partial charge is 0.445 e. The minimum absolute atomic E-state index is 0.317. The summed E-state index contributed by atoms with van der Waals surface area (Å²) < 4.78 is 12.2. The fourth-order valence-electron chi connectivity index (χ4n) is 4.73. The van der Waals surface area contributed by atoms with Crippen molar-refractivity contribution in [1.29, 1.82) is 0 Å². The number of alkyl carbamates (subject to hydrolysis) is 1. The number of hydrogen-bond acceptors (Lipinski definition) is 4. The summed E-state index contributed by atoms with van der Waals surface area (Å²) in [7, 11) is -1.57. The number of carbonyl (C=O) groups excluding carboxylic acids is 1. The Hall–Kier alpha value is -1.37. The molecule has 5 nitrogen and oxygen atoms in total. The number of carbonyl (C=O) groups is 1. The van der Waals surface area contributed by atoms with Crippen molar-refractivity contribution in [2.45, 2.75) is 77.3 Å². The van der Waals surface area contributed by atoms with Gasteiger partial charge in [-0.15, -0.1) is 0 Å². The number of piperidine rings is 1. The average Bonchev–Trinajstić information content (AvgIpc) is 3.57. The summed E-state index contributed by atoms with van der Waals surface area (Å²) in [4.78, 5) is 14.5. The highest BCUT2D eigenvalue weighted by molar-refractivity contribution is 6.73. The van der Waals surface area contributed by atoms with Crippen LogP contribution in [0, 0.1) is 5.41 Å². The van der Waals surface area contributed by atoms with Gasteiger partial charge in [0.05, 0.1) is 6.10 Å². The molecule has 1 atom stereocenters. The van der Waals surface area contributed by atoms with Crippen molar-refractivity contribution >= 4 is 14.4 Å². The number of nitrogens with zero attached hydrogens (tertiary/aromatic N) is 1. The maximum atomic E-state index is 11.9. The van der Waals surface area contributed by atoms with Gasteiger partial charge < -0.3 is 19.4 Å². The van der Waals surface area contributed by atoms with Crippen molar-refractivity contribution in [2.24, 2.45) is 5.41 Å². The van der Waals surface area contributed by atoms with Crippen LogP contribution < -0.4 is 5.32 Å². The molecule has 1 aromatic carbocycles. The van der Waals surface area contributed by atoms with Gasteiger partial charge in [-0.2, -0.15) is 0 Å². The van der Waals surface area contributed by atoms with Crippen LogP contribution in [0.3, 0.4) is 0 Å². The zero-order chi connectivity index (χ0) is 21.5. The zero-order valence-corrected chi connectivity index (χ0v) is 20.1. The summed E-state index contributed by atoms with van der Waals surface area (Å²) in [5, 5.41) is 2.89. The number of ether oxygens (including phenoxy) is 1. The second-order valence-electron chi connectivity index (χ2n) is 9.11. The summed E-state index contributed by atoms with van der Waals surface area (Å²) in [6.07, 6.45) is 5.00. The lowest BCUT2D eigenvalue weighted by Gasteiger charge is -2.44. The van der Waals surface area contributed by atoms with Gasteiger partial charge in [-0.3, -0.25) is 0 Å². The van der Waals surface area contributed by atoms with E-state index in [9.17, 15) is 4.79 Å². The van der Waals surface area contributed by atoms with E-state index in [2.05, 4.69) is 31.0 Å². The van der Waals surface area contributed by atoms with Crippen LogP contribution >= 0.6 is 0 Å². The number of hydrogen-bond donors (Lipinski definition) is 1. The topological polar surface area (TPSA) is 50.8 Å². The van der Waals surface area contributed by atoms with Crippen LogP contribution in [0.2, 0.25) is 18.1 Å². The molecule has 30 heavy (non-hydrogen) atoms. The standard InChI is InChI=1S/C24H40N2O3Si/c1-4-30(5-2,6-3)29-22-19-26(18-15-24(22)13-14-24)17-10-16-25-23(27)28-20-21-11-8-7-9-12-21/h7-9,11-12,22H,4-6,10,13-20H2,1-3H3,(H,25,27)/t22-/m1/s1. The van der Waals surface area contributed by atoms with Crippen LogP contribution in [-0.4, -0.2) is 51.6 Å². The zero-order valence-electron chi connectivity index (χ0n) is 19.1. The average molecular weight is 433 g/mol. The number of rotatable bonds is 11. The van der Waals surface area contributed by atoms with Crippen LogP contribution in [-0.2, 0) is 15.8 Å².